The lowest BCUT2D eigenvalue weighted by atomic mass is 10.4. The molecule has 0 aromatic rings. The summed E-state index contributed by atoms with van der Waals surface area (Å²) in [5, 5.41) is 0. The van der Waals surface area contributed by atoms with Crippen LogP contribution in [0.25, 0.3) is 0 Å². The summed E-state index contributed by atoms with van der Waals surface area (Å²) in [6, 6.07) is 0. The van der Waals surface area contributed by atoms with E-state index >= 15 is 0 Å². The van der Waals surface area contributed by atoms with Crippen LogP contribution < -0.4 is 0 Å². The predicted octanol–water partition coefficient (Wildman–Crippen LogP) is 1.81. The van der Waals surface area contributed by atoms with Gasteiger partial charge >= 0.3 is 8.03 Å². The lowest BCUT2D eigenvalue weighted by molar-refractivity contribution is 0.512. The van der Waals surface area contributed by atoms with Crippen LogP contribution in [-0.4, -0.2) is 4.89 Å². The van der Waals surface area contributed by atoms with Crippen LogP contribution in [0.4, 0.5) is 0 Å². The van der Waals surface area contributed by atoms with Crippen LogP contribution in [0.1, 0.15) is 6.92 Å². The molecule has 0 spiro atoms. The van der Waals surface area contributed by atoms with Gasteiger partial charge in [-0.05, 0) is 17.6 Å². The van der Waals surface area contributed by atoms with Gasteiger partial charge in [-0.15, -0.1) is 0 Å². The zero-order valence-corrected chi connectivity index (χ0v) is 5.56. The second kappa shape index (κ2) is 3.53. The number of rotatable bonds is 2. The quantitative estimate of drug-likeness (QED) is 0.458. The predicted molar refractivity (Wildman–Crippen MR) is 33.8 cm³/mol. The maximum atomic E-state index is 9.92. The molecule has 0 aliphatic heterocycles. The molecule has 1 atom stereocenters. The molecule has 0 aliphatic carbocycles. The van der Waals surface area contributed by atoms with Gasteiger partial charge in [0.15, 0.2) is 5.82 Å². The SMILES string of the molecule is C=C(C)C=C[P+](=O)O. The molecule has 0 fully saturated rings. The van der Waals surface area contributed by atoms with Crippen LogP contribution in [0.2, 0.25) is 0 Å². The van der Waals surface area contributed by atoms with Crippen molar-refractivity contribution in [3.05, 3.63) is 24.0 Å². The highest BCUT2D eigenvalue weighted by Gasteiger charge is 1.98. The fraction of sp³-hybridized carbons (Fsp3) is 0.200. The summed E-state index contributed by atoms with van der Waals surface area (Å²) in [6.07, 6.45) is 1.51. The van der Waals surface area contributed by atoms with Gasteiger partial charge in [0, 0.05) is 0 Å². The zero-order chi connectivity index (χ0) is 6.57. The molecule has 0 radical (unpaired) electrons. The molecule has 0 heterocycles. The number of hydrogen-bond acceptors (Lipinski definition) is 1. The van der Waals surface area contributed by atoms with E-state index < -0.39 is 8.03 Å². The first-order valence-corrected chi connectivity index (χ1v) is 3.40. The Labute approximate surface area is 49.4 Å². The standard InChI is InChI=1S/C5H7O2P/c1-5(2)3-4-8(6)7/h3-4H,1H2,2H3/p+1. The Morgan fingerprint density at radius 3 is 2.50 bits per heavy atom. The Balaban J connectivity index is 3.67. The van der Waals surface area contributed by atoms with Crippen molar-refractivity contribution in [3.8, 4) is 0 Å². The first-order chi connectivity index (χ1) is 3.63. The topological polar surface area (TPSA) is 37.3 Å². The van der Waals surface area contributed by atoms with Crippen molar-refractivity contribution in [1.29, 1.82) is 0 Å². The van der Waals surface area contributed by atoms with E-state index in [4.69, 9.17) is 4.89 Å². The maximum absolute atomic E-state index is 9.92. The second-order valence-corrected chi connectivity index (χ2v) is 2.37. The lowest BCUT2D eigenvalue weighted by Crippen LogP contribution is -1.56. The molecule has 1 N–H and O–H groups in total. The van der Waals surface area contributed by atoms with Crippen molar-refractivity contribution in [2.24, 2.45) is 0 Å². The highest BCUT2D eigenvalue weighted by molar-refractivity contribution is 7.41. The Bertz CT molecular complexity index is 121. The summed E-state index contributed by atoms with van der Waals surface area (Å²) in [7, 11) is -2.12. The summed E-state index contributed by atoms with van der Waals surface area (Å²) in [5.74, 6) is 1.21. The van der Waals surface area contributed by atoms with Gasteiger partial charge in [-0.3, -0.25) is 0 Å². The minimum Gasteiger partial charge on any atom is -0.157 e. The summed E-state index contributed by atoms with van der Waals surface area (Å²) in [5.41, 5.74) is 0.780. The molecule has 44 valence electrons. The van der Waals surface area contributed by atoms with Gasteiger partial charge in [0.2, 0.25) is 0 Å². The third-order valence-electron chi connectivity index (χ3n) is 0.487. The van der Waals surface area contributed by atoms with Gasteiger partial charge in [-0.2, -0.15) is 4.89 Å². The van der Waals surface area contributed by atoms with Gasteiger partial charge in [0.25, 0.3) is 0 Å². The molecule has 2 nitrogen and oxygen atoms in total. The van der Waals surface area contributed by atoms with Crippen molar-refractivity contribution in [3.63, 3.8) is 0 Å². The van der Waals surface area contributed by atoms with Crippen LogP contribution in [0.15, 0.2) is 24.0 Å². The first-order valence-electron chi connectivity index (χ1n) is 2.12. The summed E-state index contributed by atoms with van der Waals surface area (Å²) >= 11 is 0. The highest BCUT2D eigenvalue weighted by atomic mass is 31.1. The normalized spacial score (nSPS) is 12.0. The Hall–Kier alpha value is -0.460. The van der Waals surface area contributed by atoms with E-state index in [0.717, 1.165) is 5.57 Å². The van der Waals surface area contributed by atoms with Gasteiger partial charge < -0.3 is 0 Å². The molecule has 0 saturated carbocycles. The second-order valence-electron chi connectivity index (χ2n) is 1.46. The van der Waals surface area contributed by atoms with Crippen LogP contribution >= 0.6 is 8.03 Å². The molecule has 3 heteroatoms. The third kappa shape index (κ3) is 5.54. The first kappa shape index (κ1) is 7.54. The van der Waals surface area contributed by atoms with E-state index in [2.05, 4.69) is 6.58 Å². The van der Waals surface area contributed by atoms with E-state index in [-0.39, 0.29) is 0 Å². The van der Waals surface area contributed by atoms with Crippen molar-refractivity contribution in [2.75, 3.05) is 0 Å². The van der Waals surface area contributed by atoms with Crippen molar-refractivity contribution in [2.45, 2.75) is 6.92 Å². The monoisotopic (exact) mass is 131 g/mol. The molecular formula is C5H8O2P+. The minimum atomic E-state index is -2.12. The molecular weight excluding hydrogens is 123 g/mol. The lowest BCUT2D eigenvalue weighted by Gasteiger charge is -1.73. The van der Waals surface area contributed by atoms with E-state index in [1.807, 2.05) is 0 Å². The van der Waals surface area contributed by atoms with E-state index in [9.17, 15) is 4.57 Å². The van der Waals surface area contributed by atoms with Gasteiger partial charge in [0.05, 0.1) is 0 Å². The summed E-state index contributed by atoms with van der Waals surface area (Å²) in [6.45, 7) is 5.26. The molecule has 0 aromatic heterocycles. The molecule has 0 aromatic carbocycles. The minimum absolute atomic E-state index is 0.780. The number of allylic oxidation sites excluding steroid dienone is 2. The molecule has 0 bridgehead atoms. The van der Waals surface area contributed by atoms with Gasteiger partial charge in [-0.25, -0.2) is 0 Å². The van der Waals surface area contributed by atoms with Gasteiger partial charge in [0.1, 0.15) is 0 Å². The molecule has 0 aliphatic rings. The molecule has 0 amide bonds. The van der Waals surface area contributed by atoms with Crippen LogP contribution in [0.5, 0.6) is 0 Å². The fourth-order valence-electron chi connectivity index (χ4n) is 0.191. The smallest absolute Gasteiger partial charge is 0.157 e. The van der Waals surface area contributed by atoms with E-state index in [1.165, 1.54) is 11.9 Å². The third-order valence-corrected chi connectivity index (χ3v) is 0.891. The fourth-order valence-corrected chi connectivity index (χ4v) is 0.573. The van der Waals surface area contributed by atoms with E-state index in [1.54, 1.807) is 6.92 Å². The maximum Gasteiger partial charge on any atom is 0.538 e. The average molecular weight is 131 g/mol. The Morgan fingerprint density at radius 2 is 2.38 bits per heavy atom. The molecule has 0 rings (SSSR count). The van der Waals surface area contributed by atoms with Crippen LogP contribution in [0, 0.1) is 0 Å². The van der Waals surface area contributed by atoms with Crippen molar-refractivity contribution in [1.82, 2.24) is 0 Å². The molecule has 0 saturated heterocycles. The largest absolute Gasteiger partial charge is 0.538 e. The zero-order valence-electron chi connectivity index (χ0n) is 4.66. The number of hydrogen-bond donors (Lipinski definition) is 1. The average Bonchev–Trinajstić information content (AvgIpc) is 1.61. The molecule has 1 unspecified atom stereocenters. The van der Waals surface area contributed by atoms with Crippen molar-refractivity contribution >= 4 is 8.03 Å². The highest BCUT2D eigenvalue weighted by Crippen LogP contribution is 2.14. The van der Waals surface area contributed by atoms with E-state index in [0.29, 0.717) is 0 Å². The van der Waals surface area contributed by atoms with Crippen LogP contribution in [0.3, 0.4) is 0 Å². The summed E-state index contributed by atoms with van der Waals surface area (Å²) in [4.78, 5) is 8.18. The summed E-state index contributed by atoms with van der Waals surface area (Å²) < 4.78 is 9.92. The van der Waals surface area contributed by atoms with Crippen molar-refractivity contribution < 1.29 is 9.46 Å². The van der Waals surface area contributed by atoms with Gasteiger partial charge in [-0.1, -0.05) is 12.2 Å². The molecule has 8 heavy (non-hydrogen) atoms. The Kier molecular flexibility index (Phi) is 3.33. The Morgan fingerprint density at radius 1 is 1.88 bits per heavy atom. The van der Waals surface area contributed by atoms with Crippen LogP contribution in [-0.2, 0) is 4.57 Å².